The first-order chi connectivity index (χ1) is 11.1. The van der Waals surface area contributed by atoms with Crippen LogP contribution >= 0.6 is 11.6 Å². The fourth-order valence-corrected chi connectivity index (χ4v) is 2.92. The maximum absolute atomic E-state index is 9.59. The van der Waals surface area contributed by atoms with Crippen LogP contribution in [0, 0.1) is 18.3 Å². The second-order valence-electron chi connectivity index (χ2n) is 5.20. The number of anilines is 1. The molecule has 0 aliphatic heterocycles. The zero-order chi connectivity index (χ0) is 16.4. The number of nitrogens with two attached hydrogens (primary N) is 1. The smallest absolute Gasteiger partial charge is 0.142 e. The highest BCUT2D eigenvalue weighted by Gasteiger charge is 2.19. The number of hydrogen-bond acceptors (Lipinski definition) is 3. The van der Waals surface area contributed by atoms with Crippen LogP contribution in [0.3, 0.4) is 0 Å². The van der Waals surface area contributed by atoms with Crippen LogP contribution in [-0.4, -0.2) is 4.98 Å². The van der Waals surface area contributed by atoms with Crippen LogP contribution in [0.2, 0.25) is 5.02 Å². The van der Waals surface area contributed by atoms with Crippen LogP contribution < -0.4 is 5.73 Å². The van der Waals surface area contributed by atoms with Gasteiger partial charge in [-0.05, 0) is 30.2 Å². The van der Waals surface area contributed by atoms with Gasteiger partial charge in [-0.15, -0.1) is 0 Å². The lowest BCUT2D eigenvalue weighted by Crippen LogP contribution is -2.03. The molecule has 2 aromatic carbocycles. The molecule has 0 fully saturated rings. The van der Waals surface area contributed by atoms with Crippen LogP contribution in [0.15, 0.2) is 54.6 Å². The summed E-state index contributed by atoms with van der Waals surface area (Å²) in [6.07, 6.45) is 0. The molecular formula is C19H14ClN3. The molecule has 1 aromatic heterocycles. The van der Waals surface area contributed by atoms with E-state index in [1.165, 1.54) is 0 Å². The number of hydrogen-bond donors (Lipinski definition) is 1. The molecule has 0 saturated carbocycles. The molecule has 0 radical (unpaired) electrons. The Bertz CT molecular complexity index is 912. The minimum absolute atomic E-state index is 0.236. The quantitative estimate of drug-likeness (QED) is 0.735. The van der Waals surface area contributed by atoms with Crippen molar-refractivity contribution in [3.8, 4) is 28.3 Å². The van der Waals surface area contributed by atoms with E-state index in [1.54, 1.807) is 6.07 Å². The summed E-state index contributed by atoms with van der Waals surface area (Å²) in [4.78, 5) is 4.35. The van der Waals surface area contributed by atoms with Gasteiger partial charge in [0.1, 0.15) is 17.5 Å². The topological polar surface area (TPSA) is 62.7 Å². The highest BCUT2D eigenvalue weighted by Crippen LogP contribution is 2.39. The molecule has 0 spiro atoms. The summed E-state index contributed by atoms with van der Waals surface area (Å²) in [5.41, 5.74) is 10.7. The average molecular weight is 320 g/mol. The van der Waals surface area contributed by atoms with E-state index in [2.05, 4.69) is 11.1 Å². The molecule has 0 bridgehead atoms. The molecule has 1 heterocycles. The van der Waals surface area contributed by atoms with Crippen molar-refractivity contribution in [1.82, 2.24) is 4.98 Å². The fourth-order valence-electron chi connectivity index (χ4n) is 2.73. The lowest BCUT2D eigenvalue weighted by atomic mass is 9.90. The Hall–Kier alpha value is -2.83. The molecule has 3 rings (SSSR count). The van der Waals surface area contributed by atoms with Gasteiger partial charge in [0.2, 0.25) is 0 Å². The largest absolute Gasteiger partial charge is 0.383 e. The van der Waals surface area contributed by atoms with Crippen molar-refractivity contribution >= 4 is 17.4 Å². The van der Waals surface area contributed by atoms with Crippen molar-refractivity contribution in [3.63, 3.8) is 0 Å². The van der Waals surface area contributed by atoms with Gasteiger partial charge in [0.05, 0.1) is 0 Å². The summed E-state index contributed by atoms with van der Waals surface area (Å²) < 4.78 is 0. The summed E-state index contributed by atoms with van der Waals surface area (Å²) in [6.45, 7) is 1.90. The maximum Gasteiger partial charge on any atom is 0.142 e. The molecule has 0 saturated heterocycles. The molecule has 0 amide bonds. The van der Waals surface area contributed by atoms with Crippen LogP contribution in [-0.2, 0) is 0 Å². The zero-order valence-corrected chi connectivity index (χ0v) is 13.3. The monoisotopic (exact) mass is 319 g/mol. The Balaban J connectivity index is 2.43. The summed E-state index contributed by atoms with van der Waals surface area (Å²) in [5, 5.41) is 10.2. The third kappa shape index (κ3) is 2.77. The third-order valence-electron chi connectivity index (χ3n) is 3.69. The van der Waals surface area contributed by atoms with Crippen molar-refractivity contribution in [1.29, 1.82) is 5.26 Å². The van der Waals surface area contributed by atoms with E-state index < -0.39 is 0 Å². The van der Waals surface area contributed by atoms with Gasteiger partial charge in [-0.25, -0.2) is 4.98 Å². The van der Waals surface area contributed by atoms with Crippen molar-refractivity contribution in [3.05, 3.63) is 70.9 Å². The lowest BCUT2D eigenvalue weighted by molar-refractivity contribution is 1.20. The molecule has 3 nitrogen and oxygen atoms in total. The molecular weight excluding hydrogens is 306 g/mol. The van der Waals surface area contributed by atoms with Crippen LogP contribution in [0.5, 0.6) is 0 Å². The third-order valence-corrected chi connectivity index (χ3v) is 3.93. The van der Waals surface area contributed by atoms with Crippen LogP contribution in [0.1, 0.15) is 11.3 Å². The number of nitrogens with zero attached hydrogens (tertiary/aromatic N) is 2. The average Bonchev–Trinajstić information content (AvgIpc) is 2.55. The van der Waals surface area contributed by atoms with Gasteiger partial charge in [-0.3, -0.25) is 0 Å². The number of halogens is 1. The highest BCUT2D eigenvalue weighted by molar-refractivity contribution is 6.30. The van der Waals surface area contributed by atoms with Gasteiger partial charge in [0.15, 0.2) is 0 Å². The van der Waals surface area contributed by atoms with Crippen LogP contribution in [0.25, 0.3) is 22.3 Å². The number of pyridine rings is 1. The number of rotatable bonds is 2. The van der Waals surface area contributed by atoms with Gasteiger partial charge < -0.3 is 5.73 Å². The van der Waals surface area contributed by atoms with Gasteiger partial charge >= 0.3 is 0 Å². The fraction of sp³-hybridized carbons (Fsp3) is 0.0526. The highest BCUT2D eigenvalue weighted by atomic mass is 35.5. The van der Waals surface area contributed by atoms with E-state index in [0.717, 1.165) is 27.9 Å². The number of aromatic nitrogens is 1. The van der Waals surface area contributed by atoms with Crippen molar-refractivity contribution in [2.45, 2.75) is 6.92 Å². The van der Waals surface area contributed by atoms with E-state index in [0.29, 0.717) is 10.6 Å². The number of benzene rings is 2. The second-order valence-corrected chi connectivity index (χ2v) is 5.63. The number of aryl methyl sites for hydroxylation is 1. The van der Waals surface area contributed by atoms with Gasteiger partial charge in [0, 0.05) is 21.8 Å². The molecule has 0 atom stereocenters. The first-order valence-electron chi connectivity index (χ1n) is 7.13. The SMILES string of the molecule is Cc1nc(N)c(C#N)c(-c2cccc(Cl)c2)c1-c1ccccc1. The number of nitriles is 1. The molecule has 2 N–H and O–H groups in total. The second kappa shape index (κ2) is 6.12. The molecule has 0 unspecified atom stereocenters. The molecule has 4 heteroatoms. The maximum atomic E-state index is 9.59. The minimum atomic E-state index is 0.236. The summed E-state index contributed by atoms with van der Waals surface area (Å²) >= 11 is 6.14. The van der Waals surface area contributed by atoms with E-state index in [9.17, 15) is 5.26 Å². The first kappa shape index (κ1) is 15.1. The predicted molar refractivity (Wildman–Crippen MR) is 94.0 cm³/mol. The van der Waals surface area contributed by atoms with E-state index in [4.69, 9.17) is 17.3 Å². The Morgan fingerprint density at radius 1 is 1.00 bits per heavy atom. The van der Waals surface area contributed by atoms with Gasteiger partial charge in [0.25, 0.3) is 0 Å². The molecule has 0 aliphatic carbocycles. The van der Waals surface area contributed by atoms with Crippen molar-refractivity contribution < 1.29 is 0 Å². The van der Waals surface area contributed by atoms with Gasteiger partial charge in [-0.1, -0.05) is 54.1 Å². The Labute approximate surface area is 140 Å². The van der Waals surface area contributed by atoms with Crippen molar-refractivity contribution in [2.75, 3.05) is 5.73 Å². The molecule has 0 aliphatic rings. The lowest BCUT2D eigenvalue weighted by Gasteiger charge is -2.16. The van der Waals surface area contributed by atoms with Crippen LogP contribution in [0.4, 0.5) is 5.82 Å². The Morgan fingerprint density at radius 3 is 2.35 bits per heavy atom. The zero-order valence-electron chi connectivity index (χ0n) is 12.5. The molecule has 112 valence electrons. The standard InChI is InChI=1S/C19H14ClN3/c1-12-17(13-6-3-2-4-7-13)18(16(11-21)19(22)23-12)14-8-5-9-15(20)10-14/h2-10H,1H3,(H2,22,23). The van der Waals surface area contributed by atoms with E-state index in [-0.39, 0.29) is 5.82 Å². The van der Waals surface area contributed by atoms with Crippen molar-refractivity contribution in [2.24, 2.45) is 0 Å². The Morgan fingerprint density at radius 2 is 1.70 bits per heavy atom. The summed E-state index contributed by atoms with van der Waals surface area (Å²) in [6, 6.07) is 19.5. The van der Waals surface area contributed by atoms with Gasteiger partial charge in [-0.2, -0.15) is 5.26 Å². The number of nitrogen functional groups attached to an aromatic ring is 1. The van der Waals surface area contributed by atoms with E-state index >= 15 is 0 Å². The summed E-state index contributed by atoms with van der Waals surface area (Å²) in [7, 11) is 0. The normalized spacial score (nSPS) is 10.3. The Kier molecular flexibility index (Phi) is 4.01. The van der Waals surface area contributed by atoms with E-state index in [1.807, 2.05) is 55.5 Å². The summed E-state index contributed by atoms with van der Waals surface area (Å²) in [5.74, 6) is 0.236. The first-order valence-corrected chi connectivity index (χ1v) is 7.51. The molecule has 23 heavy (non-hydrogen) atoms. The predicted octanol–water partition coefficient (Wildman–Crippen LogP) is 4.83. The molecule has 3 aromatic rings. The minimum Gasteiger partial charge on any atom is -0.383 e.